The number of hydrogen-bond donors (Lipinski definition) is 0. The van der Waals surface area contributed by atoms with Crippen LogP contribution in [0.2, 0.25) is 0 Å². The van der Waals surface area contributed by atoms with Crippen LogP contribution in [0.15, 0.2) is 47.4 Å². The van der Waals surface area contributed by atoms with E-state index in [1.54, 1.807) is 18.2 Å². The molecule has 1 atom stereocenters. The second-order valence-electron chi connectivity index (χ2n) is 5.23. The average molecular weight is 323 g/mol. The number of halogens is 1. The molecule has 0 spiro atoms. The number of rotatable bonds is 3. The summed E-state index contributed by atoms with van der Waals surface area (Å²) in [6.45, 7) is 1.25. The van der Waals surface area contributed by atoms with Gasteiger partial charge in [-0.1, -0.05) is 30.3 Å². The minimum absolute atomic E-state index is 0.287. The lowest BCUT2D eigenvalue weighted by atomic mass is 10.00. The van der Waals surface area contributed by atoms with Crippen molar-refractivity contribution in [3.05, 3.63) is 64.7 Å². The molecule has 21 heavy (non-hydrogen) atoms. The maximum Gasteiger partial charge on any atom is 0.175 e. The van der Waals surface area contributed by atoms with E-state index in [0.717, 1.165) is 16.7 Å². The first-order valence-corrected chi connectivity index (χ1v) is 8.91. The molecule has 1 unspecified atom stereocenters. The number of ether oxygens (including phenoxy) is 1. The second-order valence-corrected chi connectivity index (χ2v) is 7.68. The van der Waals surface area contributed by atoms with E-state index in [-0.39, 0.29) is 10.3 Å². The van der Waals surface area contributed by atoms with E-state index >= 15 is 0 Å². The number of sulfone groups is 1. The Morgan fingerprint density at radius 3 is 2.52 bits per heavy atom. The molecule has 0 fully saturated rings. The van der Waals surface area contributed by atoms with Gasteiger partial charge in [0.15, 0.2) is 9.84 Å². The van der Waals surface area contributed by atoms with Crippen LogP contribution in [0.5, 0.6) is 0 Å². The van der Waals surface area contributed by atoms with E-state index in [2.05, 4.69) is 0 Å². The van der Waals surface area contributed by atoms with Crippen LogP contribution in [0.25, 0.3) is 0 Å². The Bertz CT molecular complexity index is 784. The van der Waals surface area contributed by atoms with E-state index in [4.69, 9.17) is 16.3 Å². The highest BCUT2D eigenvalue weighted by atomic mass is 35.5. The Morgan fingerprint density at radius 2 is 1.76 bits per heavy atom. The third kappa shape index (κ3) is 2.98. The SMILES string of the molecule is CS(=O)(=O)c1cccc(C(Cl)c2ccc3c(c2)COC3)c1. The highest BCUT2D eigenvalue weighted by Crippen LogP contribution is 2.32. The molecular weight excluding hydrogens is 308 g/mol. The van der Waals surface area contributed by atoms with Gasteiger partial charge in [0.2, 0.25) is 0 Å². The summed E-state index contributed by atoms with van der Waals surface area (Å²) in [7, 11) is -3.23. The number of benzene rings is 2. The molecule has 3 nitrogen and oxygen atoms in total. The Hall–Kier alpha value is -1.36. The van der Waals surface area contributed by atoms with Crippen molar-refractivity contribution >= 4 is 21.4 Å². The smallest absolute Gasteiger partial charge is 0.175 e. The molecule has 0 amide bonds. The zero-order chi connectivity index (χ0) is 15.0. The molecule has 2 aromatic carbocycles. The maximum absolute atomic E-state index is 11.6. The molecule has 0 saturated carbocycles. The van der Waals surface area contributed by atoms with Gasteiger partial charge in [-0.05, 0) is 34.4 Å². The molecule has 3 rings (SSSR count). The Kier molecular flexibility index (Phi) is 3.78. The summed E-state index contributed by atoms with van der Waals surface area (Å²) >= 11 is 6.52. The zero-order valence-corrected chi connectivity index (χ0v) is 13.1. The van der Waals surface area contributed by atoms with Crippen molar-refractivity contribution in [1.29, 1.82) is 0 Å². The predicted molar refractivity (Wildman–Crippen MR) is 82.2 cm³/mol. The van der Waals surface area contributed by atoms with Crippen LogP contribution in [-0.4, -0.2) is 14.7 Å². The van der Waals surface area contributed by atoms with Crippen molar-refractivity contribution in [2.24, 2.45) is 0 Å². The van der Waals surface area contributed by atoms with Crippen LogP contribution in [-0.2, 0) is 27.8 Å². The summed E-state index contributed by atoms with van der Waals surface area (Å²) in [6, 6.07) is 12.8. The molecule has 110 valence electrons. The standard InChI is InChI=1S/C16H15ClO3S/c1-21(18,19)15-4-2-3-11(8-15)16(17)12-5-6-13-9-20-10-14(13)7-12/h2-8,16H,9-10H2,1H3. The summed E-state index contributed by atoms with van der Waals surface area (Å²) in [6.07, 6.45) is 1.20. The van der Waals surface area contributed by atoms with Crippen molar-refractivity contribution in [2.45, 2.75) is 23.5 Å². The van der Waals surface area contributed by atoms with Crippen LogP contribution in [0.3, 0.4) is 0 Å². The first kappa shape index (κ1) is 14.6. The average Bonchev–Trinajstić information content (AvgIpc) is 2.93. The van der Waals surface area contributed by atoms with Gasteiger partial charge < -0.3 is 4.74 Å². The van der Waals surface area contributed by atoms with Gasteiger partial charge in [-0.15, -0.1) is 11.6 Å². The largest absolute Gasteiger partial charge is 0.372 e. The summed E-state index contributed by atoms with van der Waals surface area (Å²) in [5, 5.41) is -0.377. The van der Waals surface area contributed by atoms with Crippen molar-refractivity contribution in [3.63, 3.8) is 0 Å². The molecule has 0 saturated heterocycles. The van der Waals surface area contributed by atoms with Gasteiger partial charge in [0, 0.05) is 6.26 Å². The summed E-state index contributed by atoms with van der Waals surface area (Å²) in [5.41, 5.74) is 4.06. The van der Waals surface area contributed by atoms with Gasteiger partial charge in [0.25, 0.3) is 0 Å². The van der Waals surface area contributed by atoms with Gasteiger partial charge >= 0.3 is 0 Å². The quantitative estimate of drug-likeness (QED) is 0.813. The van der Waals surface area contributed by atoms with Gasteiger partial charge in [0.1, 0.15) is 0 Å². The van der Waals surface area contributed by atoms with Gasteiger partial charge in [-0.25, -0.2) is 8.42 Å². The van der Waals surface area contributed by atoms with Crippen LogP contribution in [0, 0.1) is 0 Å². The predicted octanol–water partition coefficient (Wildman–Crippen LogP) is 3.45. The third-order valence-corrected chi connectivity index (χ3v) is 5.23. The molecule has 0 aliphatic carbocycles. The lowest BCUT2D eigenvalue weighted by Crippen LogP contribution is -2.00. The van der Waals surface area contributed by atoms with E-state index < -0.39 is 9.84 Å². The third-order valence-electron chi connectivity index (χ3n) is 3.62. The zero-order valence-electron chi connectivity index (χ0n) is 11.5. The van der Waals surface area contributed by atoms with E-state index in [1.165, 1.54) is 11.8 Å². The fourth-order valence-electron chi connectivity index (χ4n) is 2.44. The topological polar surface area (TPSA) is 43.4 Å². The van der Waals surface area contributed by atoms with Gasteiger partial charge in [-0.3, -0.25) is 0 Å². The fraction of sp³-hybridized carbons (Fsp3) is 0.250. The van der Waals surface area contributed by atoms with Crippen LogP contribution < -0.4 is 0 Å². The molecule has 0 N–H and O–H groups in total. The van der Waals surface area contributed by atoms with Gasteiger partial charge in [0.05, 0.1) is 23.5 Å². The number of alkyl halides is 1. The molecule has 1 aliphatic rings. The summed E-state index contributed by atoms with van der Waals surface area (Å²) < 4.78 is 28.7. The number of hydrogen-bond acceptors (Lipinski definition) is 3. The Balaban J connectivity index is 1.97. The fourth-order valence-corrected chi connectivity index (χ4v) is 3.39. The van der Waals surface area contributed by atoms with Crippen molar-refractivity contribution < 1.29 is 13.2 Å². The summed E-state index contributed by atoms with van der Waals surface area (Å²) in [5.74, 6) is 0. The van der Waals surface area contributed by atoms with Crippen molar-refractivity contribution in [3.8, 4) is 0 Å². The molecule has 2 aromatic rings. The highest BCUT2D eigenvalue weighted by molar-refractivity contribution is 7.90. The monoisotopic (exact) mass is 322 g/mol. The molecular formula is C16H15ClO3S. The Morgan fingerprint density at radius 1 is 1.05 bits per heavy atom. The molecule has 0 bridgehead atoms. The second kappa shape index (κ2) is 5.44. The highest BCUT2D eigenvalue weighted by Gasteiger charge is 2.17. The first-order valence-electron chi connectivity index (χ1n) is 6.59. The van der Waals surface area contributed by atoms with Gasteiger partial charge in [-0.2, -0.15) is 0 Å². The van der Waals surface area contributed by atoms with Crippen LogP contribution in [0.4, 0.5) is 0 Å². The molecule has 0 aromatic heterocycles. The van der Waals surface area contributed by atoms with E-state index in [1.807, 2.05) is 24.3 Å². The minimum Gasteiger partial charge on any atom is -0.372 e. The number of fused-ring (bicyclic) bond motifs is 1. The van der Waals surface area contributed by atoms with Crippen molar-refractivity contribution in [2.75, 3.05) is 6.26 Å². The maximum atomic E-state index is 11.6. The molecule has 5 heteroatoms. The molecule has 0 radical (unpaired) electrons. The lowest BCUT2D eigenvalue weighted by molar-refractivity contribution is 0.134. The Labute approximate surface area is 129 Å². The van der Waals surface area contributed by atoms with Crippen LogP contribution in [0.1, 0.15) is 27.6 Å². The summed E-state index contributed by atoms with van der Waals surface area (Å²) in [4.78, 5) is 0.287. The lowest BCUT2D eigenvalue weighted by Gasteiger charge is -2.12. The molecule has 1 heterocycles. The first-order chi connectivity index (χ1) is 9.95. The normalized spacial score (nSPS) is 15.7. The van der Waals surface area contributed by atoms with Crippen LogP contribution >= 0.6 is 11.6 Å². The van der Waals surface area contributed by atoms with E-state index in [9.17, 15) is 8.42 Å². The van der Waals surface area contributed by atoms with E-state index in [0.29, 0.717) is 13.2 Å². The molecule has 1 aliphatic heterocycles. The van der Waals surface area contributed by atoms with Crippen molar-refractivity contribution in [1.82, 2.24) is 0 Å². The minimum atomic E-state index is -3.23.